The Bertz CT molecular complexity index is 980. The number of amides is 1. The van der Waals surface area contributed by atoms with Gasteiger partial charge in [0.05, 0.1) is 18.6 Å². The first-order valence-corrected chi connectivity index (χ1v) is 8.64. The third-order valence-electron chi connectivity index (χ3n) is 4.54. The number of fused-ring (bicyclic) bond motifs is 1. The van der Waals surface area contributed by atoms with Crippen LogP contribution in [-0.4, -0.2) is 66.0 Å². The van der Waals surface area contributed by atoms with Gasteiger partial charge in [-0.05, 0) is 12.1 Å². The van der Waals surface area contributed by atoms with E-state index in [1.54, 1.807) is 6.20 Å². The first-order chi connectivity index (χ1) is 13.6. The van der Waals surface area contributed by atoms with E-state index in [0.29, 0.717) is 23.5 Å². The van der Waals surface area contributed by atoms with Crippen LogP contribution in [0.1, 0.15) is 11.9 Å². The average molecular weight is 385 g/mol. The third-order valence-corrected chi connectivity index (χ3v) is 4.54. The van der Waals surface area contributed by atoms with E-state index in [1.807, 2.05) is 18.2 Å². The number of rotatable bonds is 5. The number of likely N-dealkylation sites (N-methyl/N-ethyl adjacent to an activating group) is 1. The maximum atomic E-state index is 11.8. The van der Waals surface area contributed by atoms with Gasteiger partial charge in [0.25, 0.3) is 5.91 Å². The Kier molecular flexibility index (Phi) is 4.86. The molecule has 1 fully saturated rings. The number of aromatic nitrogens is 5. The first-order valence-electron chi connectivity index (χ1n) is 8.64. The monoisotopic (exact) mass is 385 g/mol. The summed E-state index contributed by atoms with van der Waals surface area (Å²) in [5, 5.41) is 26.1. The van der Waals surface area contributed by atoms with Crippen molar-refractivity contribution < 1.29 is 19.7 Å². The quantitative estimate of drug-likeness (QED) is 0.443. The molecule has 3 aromatic rings. The molecule has 0 spiro atoms. The molecule has 11 nitrogen and oxygen atoms in total. The highest BCUT2D eigenvalue weighted by molar-refractivity contribution is 5.83. The van der Waals surface area contributed by atoms with Gasteiger partial charge < -0.3 is 25.6 Å². The molecular formula is C17H19N7O4. The second-order valence-electron chi connectivity index (χ2n) is 6.26. The minimum absolute atomic E-state index is 0.396. The number of nitrogens with zero attached hydrogens (tertiary/aromatic N) is 5. The molecule has 1 aliphatic rings. The van der Waals surface area contributed by atoms with Crippen LogP contribution in [0.5, 0.6) is 0 Å². The van der Waals surface area contributed by atoms with Crippen molar-refractivity contribution in [2.24, 2.45) is 0 Å². The Hall–Kier alpha value is -3.15. The van der Waals surface area contributed by atoms with Crippen molar-refractivity contribution >= 4 is 22.9 Å². The van der Waals surface area contributed by atoms with Crippen LogP contribution in [0.2, 0.25) is 0 Å². The highest BCUT2D eigenvalue weighted by Gasteiger charge is 2.47. The average Bonchev–Trinajstić information content (AvgIpc) is 3.28. The number of ether oxygens (including phenoxy) is 1. The van der Waals surface area contributed by atoms with E-state index in [0.717, 1.165) is 5.69 Å². The molecule has 4 heterocycles. The number of aliphatic hydroxyl groups is 2. The molecule has 0 radical (unpaired) electrons. The smallest absolute Gasteiger partial charge is 0.251 e. The van der Waals surface area contributed by atoms with Crippen molar-refractivity contribution in [2.75, 3.05) is 12.4 Å². The maximum absolute atomic E-state index is 11.8. The molecule has 11 heteroatoms. The number of carbonyl (C=O) groups is 1. The number of aliphatic hydroxyl groups excluding tert-OH is 2. The van der Waals surface area contributed by atoms with Gasteiger partial charge in [-0.25, -0.2) is 15.0 Å². The third kappa shape index (κ3) is 3.15. The highest BCUT2D eigenvalue weighted by atomic mass is 16.6. The van der Waals surface area contributed by atoms with E-state index in [2.05, 4.69) is 30.6 Å². The molecule has 0 unspecified atom stereocenters. The Morgan fingerprint density at radius 1 is 1.21 bits per heavy atom. The largest absolute Gasteiger partial charge is 0.387 e. The van der Waals surface area contributed by atoms with E-state index >= 15 is 0 Å². The van der Waals surface area contributed by atoms with Gasteiger partial charge in [0, 0.05) is 13.2 Å². The number of anilines is 1. The predicted octanol–water partition coefficient (Wildman–Crippen LogP) is -0.801. The van der Waals surface area contributed by atoms with Gasteiger partial charge in [-0.15, -0.1) is 0 Å². The zero-order valence-corrected chi connectivity index (χ0v) is 14.9. The molecule has 28 heavy (non-hydrogen) atoms. The summed E-state index contributed by atoms with van der Waals surface area (Å²) in [4.78, 5) is 28.8. The number of hydrogen-bond acceptors (Lipinski definition) is 9. The first kappa shape index (κ1) is 18.2. The summed E-state index contributed by atoms with van der Waals surface area (Å²) < 4.78 is 7.05. The second kappa shape index (κ2) is 7.46. The van der Waals surface area contributed by atoms with Crippen LogP contribution >= 0.6 is 0 Å². The van der Waals surface area contributed by atoms with Gasteiger partial charge in [0.2, 0.25) is 0 Å². The van der Waals surface area contributed by atoms with E-state index < -0.39 is 30.4 Å². The van der Waals surface area contributed by atoms with Gasteiger partial charge >= 0.3 is 0 Å². The summed E-state index contributed by atoms with van der Waals surface area (Å²) >= 11 is 0. The lowest BCUT2D eigenvalue weighted by atomic mass is 10.1. The normalized spacial score (nSPS) is 24.4. The minimum atomic E-state index is -1.37. The lowest BCUT2D eigenvalue weighted by molar-refractivity contribution is -0.137. The standard InChI is InChI=1S/C17H19N7O4/c1-18-16(27)13-11(25)12(26)17(28-13)24-8-23-10-14(21-7-22-15(10)24)20-6-9-4-2-3-5-19-9/h2-5,7-8,11-13,17,25-26H,6H2,1H3,(H,18,27)(H,20,21,22)/t11-,12+,13-,17+/m0/s1. The van der Waals surface area contributed by atoms with Crippen molar-refractivity contribution in [3.05, 3.63) is 42.7 Å². The topological polar surface area (TPSA) is 147 Å². The van der Waals surface area contributed by atoms with Gasteiger partial charge in [0.15, 0.2) is 29.3 Å². The van der Waals surface area contributed by atoms with Gasteiger partial charge in [0.1, 0.15) is 18.5 Å². The minimum Gasteiger partial charge on any atom is -0.387 e. The van der Waals surface area contributed by atoms with Crippen molar-refractivity contribution in [3.8, 4) is 0 Å². The van der Waals surface area contributed by atoms with Crippen LogP contribution in [0.4, 0.5) is 5.82 Å². The molecule has 0 bridgehead atoms. The zero-order valence-electron chi connectivity index (χ0n) is 14.9. The molecule has 1 saturated heterocycles. The molecule has 0 saturated carbocycles. The molecule has 1 aliphatic heterocycles. The Labute approximate surface area is 159 Å². The summed E-state index contributed by atoms with van der Waals surface area (Å²) in [5.41, 5.74) is 1.69. The summed E-state index contributed by atoms with van der Waals surface area (Å²) in [7, 11) is 1.43. The zero-order chi connectivity index (χ0) is 19.7. The number of pyridine rings is 1. The molecule has 4 N–H and O–H groups in total. The highest BCUT2D eigenvalue weighted by Crippen LogP contribution is 2.32. The number of hydrogen-bond donors (Lipinski definition) is 4. The molecule has 3 aromatic heterocycles. The van der Waals surface area contributed by atoms with Gasteiger partial charge in [-0.1, -0.05) is 6.07 Å². The van der Waals surface area contributed by atoms with Gasteiger partial charge in [-0.3, -0.25) is 14.3 Å². The van der Waals surface area contributed by atoms with Crippen molar-refractivity contribution in [2.45, 2.75) is 31.1 Å². The molecular weight excluding hydrogens is 366 g/mol. The second-order valence-corrected chi connectivity index (χ2v) is 6.26. The lowest BCUT2D eigenvalue weighted by Gasteiger charge is -2.16. The van der Waals surface area contributed by atoms with Gasteiger partial charge in [-0.2, -0.15) is 0 Å². The molecule has 1 amide bonds. The van der Waals surface area contributed by atoms with Crippen LogP contribution in [-0.2, 0) is 16.1 Å². The lowest BCUT2D eigenvalue weighted by Crippen LogP contribution is -2.41. The number of carbonyl (C=O) groups excluding carboxylic acids is 1. The maximum Gasteiger partial charge on any atom is 0.251 e. The molecule has 146 valence electrons. The fraction of sp³-hybridized carbons (Fsp3) is 0.353. The van der Waals surface area contributed by atoms with Crippen molar-refractivity contribution in [1.82, 2.24) is 29.8 Å². The Balaban J connectivity index is 1.60. The van der Waals surface area contributed by atoms with Crippen LogP contribution in [0, 0.1) is 0 Å². The summed E-state index contributed by atoms with van der Waals surface area (Å²) in [6, 6.07) is 5.61. The van der Waals surface area contributed by atoms with Crippen LogP contribution in [0.3, 0.4) is 0 Å². The molecule has 4 atom stereocenters. The summed E-state index contributed by atoms with van der Waals surface area (Å²) in [6.45, 7) is 0.444. The van der Waals surface area contributed by atoms with E-state index in [-0.39, 0.29) is 0 Å². The summed E-state index contributed by atoms with van der Waals surface area (Å²) in [6.07, 6.45) is -0.403. The fourth-order valence-electron chi connectivity index (χ4n) is 3.09. The molecule has 4 rings (SSSR count). The molecule has 0 aromatic carbocycles. The van der Waals surface area contributed by atoms with Crippen LogP contribution in [0.25, 0.3) is 11.2 Å². The summed E-state index contributed by atoms with van der Waals surface area (Å²) in [5.74, 6) is -0.0314. The number of imidazole rings is 1. The predicted molar refractivity (Wildman–Crippen MR) is 96.9 cm³/mol. The van der Waals surface area contributed by atoms with E-state index in [1.165, 1.54) is 24.3 Å². The van der Waals surface area contributed by atoms with Crippen molar-refractivity contribution in [1.29, 1.82) is 0 Å². The fourth-order valence-corrected chi connectivity index (χ4v) is 3.09. The Morgan fingerprint density at radius 3 is 2.82 bits per heavy atom. The van der Waals surface area contributed by atoms with E-state index in [4.69, 9.17) is 4.74 Å². The SMILES string of the molecule is CNC(=O)[C@H]1O[C@@H](n2cnc3c(NCc4ccccn4)ncnc32)[C@H](O)[C@@H]1O. The Morgan fingerprint density at radius 2 is 2.07 bits per heavy atom. The molecule has 0 aliphatic carbocycles. The van der Waals surface area contributed by atoms with Crippen molar-refractivity contribution in [3.63, 3.8) is 0 Å². The van der Waals surface area contributed by atoms with Crippen LogP contribution < -0.4 is 10.6 Å². The number of nitrogens with one attached hydrogen (secondary N) is 2. The van der Waals surface area contributed by atoms with Crippen LogP contribution in [0.15, 0.2) is 37.1 Å². The van der Waals surface area contributed by atoms with E-state index in [9.17, 15) is 15.0 Å².